The topological polar surface area (TPSA) is 73.2 Å². The van der Waals surface area contributed by atoms with E-state index >= 15 is 0 Å². The van der Waals surface area contributed by atoms with Crippen LogP contribution in [0, 0.1) is 17.2 Å². The van der Waals surface area contributed by atoms with Gasteiger partial charge in [-0.1, -0.05) is 13.3 Å². The van der Waals surface area contributed by atoms with E-state index in [-0.39, 0.29) is 11.8 Å². The summed E-state index contributed by atoms with van der Waals surface area (Å²) < 4.78 is 0. The van der Waals surface area contributed by atoms with Gasteiger partial charge in [-0.3, -0.25) is 9.59 Å². The Hall–Kier alpha value is -1.57. The maximum atomic E-state index is 12.2. The van der Waals surface area contributed by atoms with E-state index in [0.29, 0.717) is 19.5 Å². The quantitative estimate of drug-likeness (QED) is 0.783. The summed E-state index contributed by atoms with van der Waals surface area (Å²) in [6.07, 6.45) is 1.33. The number of rotatable bonds is 3. The molecule has 94 valence electrons. The number of hydrogen-bond acceptors (Lipinski definition) is 3. The Morgan fingerprint density at radius 2 is 2.29 bits per heavy atom. The maximum absolute atomic E-state index is 12.2. The molecule has 5 nitrogen and oxygen atoms in total. The lowest BCUT2D eigenvalue weighted by molar-refractivity contribution is -0.151. The number of hydrogen-bond donors (Lipinski definition) is 1. The lowest BCUT2D eigenvalue weighted by Gasteiger charge is -2.41. The van der Waals surface area contributed by atoms with Crippen LogP contribution >= 0.6 is 0 Å². The summed E-state index contributed by atoms with van der Waals surface area (Å²) in [5.74, 6) is -1.02. The van der Waals surface area contributed by atoms with E-state index in [2.05, 4.69) is 5.32 Å². The fourth-order valence-electron chi connectivity index (χ4n) is 2.01. The molecule has 5 heteroatoms. The van der Waals surface area contributed by atoms with Gasteiger partial charge in [0.15, 0.2) is 0 Å². The van der Waals surface area contributed by atoms with Crippen molar-refractivity contribution >= 4 is 11.8 Å². The first-order valence-corrected chi connectivity index (χ1v) is 5.94. The summed E-state index contributed by atoms with van der Waals surface area (Å²) in [4.78, 5) is 25.4. The highest BCUT2D eigenvalue weighted by Gasteiger charge is 2.42. The first kappa shape index (κ1) is 13.5. The Kier molecular flexibility index (Phi) is 4.11. The molecular formula is C12H19N3O2. The lowest BCUT2D eigenvalue weighted by atomic mass is 9.95. The molecule has 1 fully saturated rings. The standard InChI is InChI=1S/C12H19N3O2/c1-4-5-9(8-13)10(16)15-7-6-14-11(17)12(15,2)3/h9H,4-7H2,1-3H3,(H,14,17). The van der Waals surface area contributed by atoms with Crippen LogP contribution in [0.15, 0.2) is 0 Å². The van der Waals surface area contributed by atoms with E-state index < -0.39 is 11.5 Å². The normalized spacial score (nSPS) is 20.4. The van der Waals surface area contributed by atoms with Crippen molar-refractivity contribution in [2.45, 2.75) is 39.2 Å². The molecule has 0 radical (unpaired) electrons. The Balaban J connectivity index is 2.87. The SMILES string of the molecule is CCCC(C#N)C(=O)N1CCNC(=O)C1(C)C. The Morgan fingerprint density at radius 1 is 1.65 bits per heavy atom. The second-order valence-electron chi connectivity index (χ2n) is 4.78. The number of carbonyl (C=O) groups excluding carboxylic acids is 2. The van der Waals surface area contributed by atoms with E-state index in [1.54, 1.807) is 13.8 Å². The zero-order valence-electron chi connectivity index (χ0n) is 10.6. The highest BCUT2D eigenvalue weighted by atomic mass is 16.2. The number of nitriles is 1. The molecule has 0 saturated carbocycles. The van der Waals surface area contributed by atoms with Crippen molar-refractivity contribution in [3.05, 3.63) is 0 Å². The third-order valence-corrected chi connectivity index (χ3v) is 3.15. The van der Waals surface area contributed by atoms with Crippen LogP contribution in [0.5, 0.6) is 0 Å². The van der Waals surface area contributed by atoms with Gasteiger partial charge in [0.25, 0.3) is 0 Å². The van der Waals surface area contributed by atoms with Crippen molar-refractivity contribution in [2.75, 3.05) is 13.1 Å². The van der Waals surface area contributed by atoms with Gasteiger partial charge in [-0.05, 0) is 20.3 Å². The third kappa shape index (κ3) is 2.57. The number of carbonyl (C=O) groups is 2. The van der Waals surface area contributed by atoms with Gasteiger partial charge in [-0.15, -0.1) is 0 Å². The number of amides is 2. The molecule has 0 aromatic heterocycles. The number of nitrogens with zero attached hydrogens (tertiary/aromatic N) is 2. The van der Waals surface area contributed by atoms with Gasteiger partial charge in [0.05, 0.1) is 6.07 Å². The molecule has 1 atom stereocenters. The summed E-state index contributed by atoms with van der Waals surface area (Å²) in [6.45, 7) is 6.28. The van der Waals surface area contributed by atoms with E-state index in [1.807, 2.05) is 13.0 Å². The maximum Gasteiger partial charge on any atom is 0.245 e. The molecule has 0 aromatic carbocycles. The molecule has 1 unspecified atom stereocenters. The van der Waals surface area contributed by atoms with Gasteiger partial charge in [-0.2, -0.15) is 5.26 Å². The highest BCUT2D eigenvalue weighted by Crippen LogP contribution is 2.21. The minimum Gasteiger partial charge on any atom is -0.352 e. The summed E-state index contributed by atoms with van der Waals surface area (Å²) in [6, 6.07) is 2.03. The van der Waals surface area contributed by atoms with Crippen molar-refractivity contribution in [3.8, 4) is 6.07 Å². The van der Waals surface area contributed by atoms with Gasteiger partial charge >= 0.3 is 0 Å². The smallest absolute Gasteiger partial charge is 0.245 e. The molecule has 0 aliphatic carbocycles. The second-order valence-corrected chi connectivity index (χ2v) is 4.78. The summed E-state index contributed by atoms with van der Waals surface area (Å²) >= 11 is 0. The number of nitrogens with one attached hydrogen (secondary N) is 1. The predicted octanol–water partition coefficient (Wildman–Crippen LogP) is 0.663. The first-order valence-electron chi connectivity index (χ1n) is 5.94. The van der Waals surface area contributed by atoms with Crippen LogP contribution in [0.2, 0.25) is 0 Å². The largest absolute Gasteiger partial charge is 0.352 e. The molecule has 1 heterocycles. The summed E-state index contributed by atoms with van der Waals surface area (Å²) in [7, 11) is 0. The van der Waals surface area contributed by atoms with Gasteiger partial charge in [0.2, 0.25) is 11.8 Å². The van der Waals surface area contributed by atoms with Crippen molar-refractivity contribution in [3.63, 3.8) is 0 Å². The van der Waals surface area contributed by atoms with Crippen LogP contribution in [0.25, 0.3) is 0 Å². The molecule has 1 rings (SSSR count). The zero-order valence-corrected chi connectivity index (χ0v) is 10.6. The monoisotopic (exact) mass is 237 g/mol. The van der Waals surface area contributed by atoms with Gasteiger partial charge in [0.1, 0.15) is 11.5 Å². The van der Waals surface area contributed by atoms with E-state index in [9.17, 15) is 9.59 Å². The molecule has 17 heavy (non-hydrogen) atoms. The van der Waals surface area contributed by atoms with Crippen LogP contribution < -0.4 is 5.32 Å². The molecule has 1 saturated heterocycles. The fourth-order valence-corrected chi connectivity index (χ4v) is 2.01. The van der Waals surface area contributed by atoms with E-state index in [4.69, 9.17) is 5.26 Å². The Labute approximate surface area is 102 Å². The summed E-state index contributed by atoms with van der Waals surface area (Å²) in [5.41, 5.74) is -0.863. The predicted molar refractivity (Wildman–Crippen MR) is 62.8 cm³/mol. The molecular weight excluding hydrogens is 218 g/mol. The first-order chi connectivity index (χ1) is 7.95. The van der Waals surface area contributed by atoms with Gasteiger partial charge in [-0.25, -0.2) is 0 Å². The van der Waals surface area contributed by atoms with Gasteiger partial charge < -0.3 is 10.2 Å². The minimum absolute atomic E-state index is 0.162. The number of piperazine rings is 1. The van der Waals surface area contributed by atoms with Crippen LogP contribution in [0.4, 0.5) is 0 Å². The molecule has 0 aromatic rings. The van der Waals surface area contributed by atoms with Crippen LogP contribution in [-0.4, -0.2) is 35.3 Å². The van der Waals surface area contributed by atoms with Crippen molar-refractivity contribution in [2.24, 2.45) is 5.92 Å². The lowest BCUT2D eigenvalue weighted by Crippen LogP contribution is -2.64. The Bertz CT molecular complexity index is 357. The van der Waals surface area contributed by atoms with E-state index in [1.165, 1.54) is 4.90 Å². The summed E-state index contributed by atoms with van der Waals surface area (Å²) in [5, 5.41) is 11.7. The Morgan fingerprint density at radius 3 is 2.82 bits per heavy atom. The average molecular weight is 237 g/mol. The third-order valence-electron chi connectivity index (χ3n) is 3.15. The molecule has 0 bridgehead atoms. The minimum atomic E-state index is -0.863. The van der Waals surface area contributed by atoms with Crippen molar-refractivity contribution < 1.29 is 9.59 Å². The zero-order chi connectivity index (χ0) is 13.1. The fraction of sp³-hybridized carbons (Fsp3) is 0.750. The second kappa shape index (κ2) is 5.17. The molecule has 1 N–H and O–H groups in total. The average Bonchev–Trinajstić information content (AvgIpc) is 2.28. The molecule has 1 aliphatic rings. The van der Waals surface area contributed by atoms with E-state index in [0.717, 1.165) is 6.42 Å². The van der Waals surface area contributed by atoms with Crippen LogP contribution in [0.1, 0.15) is 33.6 Å². The van der Waals surface area contributed by atoms with Gasteiger partial charge in [0, 0.05) is 13.1 Å². The van der Waals surface area contributed by atoms with Crippen LogP contribution in [-0.2, 0) is 9.59 Å². The molecule has 0 spiro atoms. The van der Waals surface area contributed by atoms with Crippen LogP contribution in [0.3, 0.4) is 0 Å². The van der Waals surface area contributed by atoms with Crippen molar-refractivity contribution in [1.29, 1.82) is 5.26 Å². The molecule has 2 amide bonds. The molecule has 1 aliphatic heterocycles. The highest BCUT2D eigenvalue weighted by molar-refractivity contribution is 5.93. The van der Waals surface area contributed by atoms with Crippen molar-refractivity contribution in [1.82, 2.24) is 10.2 Å².